The summed E-state index contributed by atoms with van der Waals surface area (Å²) in [4.78, 5) is 10.7. The Kier molecular flexibility index (Phi) is 5.81. The second-order valence-electron chi connectivity index (χ2n) is 5.16. The molecule has 1 unspecified atom stereocenters. The van der Waals surface area contributed by atoms with E-state index in [0.717, 1.165) is 8.61 Å². The SMILES string of the molecule is CC(=O)OCCOCN1C(C)=CC(N)N(c2ccccc2)S1(=O)=O. The van der Waals surface area contributed by atoms with E-state index >= 15 is 0 Å². The third-order valence-corrected chi connectivity index (χ3v) is 5.26. The number of ether oxygens (including phenoxy) is 2. The third kappa shape index (κ3) is 4.05. The van der Waals surface area contributed by atoms with E-state index in [4.69, 9.17) is 15.2 Å². The molecule has 1 aliphatic rings. The molecule has 0 aromatic heterocycles. The fourth-order valence-electron chi connectivity index (χ4n) is 2.28. The summed E-state index contributed by atoms with van der Waals surface area (Å²) in [6.45, 7) is 2.91. The van der Waals surface area contributed by atoms with Crippen molar-refractivity contribution < 1.29 is 22.7 Å². The average Bonchev–Trinajstić information content (AvgIpc) is 2.49. The largest absolute Gasteiger partial charge is 0.463 e. The van der Waals surface area contributed by atoms with Gasteiger partial charge in [-0.15, -0.1) is 0 Å². The van der Waals surface area contributed by atoms with Crippen LogP contribution in [0.2, 0.25) is 0 Å². The Hall–Kier alpha value is -2.10. The maximum atomic E-state index is 12.9. The van der Waals surface area contributed by atoms with Crippen molar-refractivity contribution in [3.8, 4) is 0 Å². The Morgan fingerprint density at radius 3 is 2.54 bits per heavy atom. The van der Waals surface area contributed by atoms with Crippen molar-refractivity contribution in [1.82, 2.24) is 4.31 Å². The number of esters is 1. The van der Waals surface area contributed by atoms with Crippen LogP contribution in [-0.2, 0) is 24.5 Å². The zero-order valence-electron chi connectivity index (χ0n) is 13.6. The summed E-state index contributed by atoms with van der Waals surface area (Å²) in [7, 11) is -3.88. The van der Waals surface area contributed by atoms with Gasteiger partial charge in [0.2, 0.25) is 0 Å². The Bertz CT molecular complexity index is 705. The summed E-state index contributed by atoms with van der Waals surface area (Å²) < 4.78 is 38.1. The number of benzene rings is 1. The maximum Gasteiger partial charge on any atom is 0.329 e. The van der Waals surface area contributed by atoms with Gasteiger partial charge in [0.05, 0.1) is 12.3 Å². The van der Waals surface area contributed by atoms with Crippen molar-refractivity contribution in [2.24, 2.45) is 5.73 Å². The number of hydrogen-bond donors (Lipinski definition) is 1. The van der Waals surface area contributed by atoms with Crippen molar-refractivity contribution in [1.29, 1.82) is 0 Å². The van der Waals surface area contributed by atoms with Gasteiger partial charge in [-0.3, -0.25) is 4.79 Å². The molecule has 132 valence electrons. The third-order valence-electron chi connectivity index (χ3n) is 3.36. The molecule has 1 heterocycles. The normalized spacial score (nSPS) is 19.8. The van der Waals surface area contributed by atoms with Crippen LogP contribution in [0.3, 0.4) is 0 Å². The number of rotatable bonds is 6. The van der Waals surface area contributed by atoms with Crippen LogP contribution in [0, 0.1) is 0 Å². The molecule has 0 spiro atoms. The van der Waals surface area contributed by atoms with E-state index < -0.39 is 22.3 Å². The van der Waals surface area contributed by atoms with E-state index in [1.54, 1.807) is 43.3 Å². The van der Waals surface area contributed by atoms with E-state index in [0.29, 0.717) is 11.4 Å². The zero-order valence-corrected chi connectivity index (χ0v) is 14.4. The number of hydrogen-bond acceptors (Lipinski definition) is 6. The summed E-state index contributed by atoms with van der Waals surface area (Å²) in [6, 6.07) is 8.62. The monoisotopic (exact) mass is 355 g/mol. The highest BCUT2D eigenvalue weighted by atomic mass is 32.2. The van der Waals surface area contributed by atoms with Crippen molar-refractivity contribution in [3.05, 3.63) is 42.1 Å². The highest BCUT2D eigenvalue weighted by Crippen LogP contribution is 2.28. The lowest BCUT2D eigenvalue weighted by Gasteiger charge is -2.39. The quantitative estimate of drug-likeness (QED) is 0.598. The number of nitrogens with two attached hydrogens (primary N) is 1. The minimum Gasteiger partial charge on any atom is -0.463 e. The van der Waals surface area contributed by atoms with Crippen molar-refractivity contribution >= 4 is 21.9 Å². The van der Waals surface area contributed by atoms with Gasteiger partial charge in [0, 0.05) is 12.6 Å². The summed E-state index contributed by atoms with van der Waals surface area (Å²) in [5.41, 5.74) is 6.94. The fourth-order valence-corrected chi connectivity index (χ4v) is 3.88. The summed E-state index contributed by atoms with van der Waals surface area (Å²) in [5.74, 6) is -0.415. The molecule has 1 aliphatic heterocycles. The topological polar surface area (TPSA) is 102 Å². The van der Waals surface area contributed by atoms with Crippen LogP contribution in [0.25, 0.3) is 0 Å². The molecule has 0 aliphatic carbocycles. The molecule has 1 aromatic carbocycles. The van der Waals surface area contributed by atoms with Crippen LogP contribution >= 0.6 is 0 Å². The van der Waals surface area contributed by atoms with Crippen molar-refractivity contribution in [2.75, 3.05) is 24.2 Å². The van der Waals surface area contributed by atoms with Crippen LogP contribution in [0.15, 0.2) is 42.1 Å². The van der Waals surface area contributed by atoms with Gasteiger partial charge in [-0.2, -0.15) is 8.42 Å². The van der Waals surface area contributed by atoms with Crippen LogP contribution < -0.4 is 10.0 Å². The summed E-state index contributed by atoms with van der Waals surface area (Å²) in [5, 5.41) is 0. The number of para-hydroxylation sites is 1. The van der Waals surface area contributed by atoms with E-state index in [1.165, 1.54) is 6.92 Å². The van der Waals surface area contributed by atoms with Gasteiger partial charge in [-0.25, -0.2) is 8.61 Å². The van der Waals surface area contributed by atoms with E-state index in [2.05, 4.69) is 0 Å². The van der Waals surface area contributed by atoms with Crippen LogP contribution in [-0.4, -0.2) is 44.8 Å². The molecule has 0 bridgehead atoms. The molecule has 1 aromatic rings. The number of allylic oxidation sites excluding steroid dienone is 1. The standard InChI is InChI=1S/C15H21N3O5S/c1-12-10-15(16)18(14-6-4-3-5-7-14)24(20,21)17(12)11-22-8-9-23-13(2)19/h3-7,10,15H,8-9,11,16H2,1-2H3. The van der Waals surface area contributed by atoms with Gasteiger partial charge in [0.1, 0.15) is 19.5 Å². The van der Waals surface area contributed by atoms with Gasteiger partial charge in [0.25, 0.3) is 0 Å². The molecule has 1 atom stereocenters. The Morgan fingerprint density at radius 1 is 1.25 bits per heavy atom. The van der Waals surface area contributed by atoms with Gasteiger partial charge in [-0.05, 0) is 25.1 Å². The maximum absolute atomic E-state index is 12.9. The smallest absolute Gasteiger partial charge is 0.329 e. The second-order valence-corrected chi connectivity index (χ2v) is 6.89. The van der Waals surface area contributed by atoms with Gasteiger partial charge in [0.15, 0.2) is 0 Å². The van der Waals surface area contributed by atoms with E-state index in [9.17, 15) is 13.2 Å². The highest BCUT2D eigenvalue weighted by molar-refractivity contribution is 7.90. The average molecular weight is 355 g/mol. The zero-order chi connectivity index (χ0) is 17.7. The molecule has 8 nitrogen and oxygen atoms in total. The number of anilines is 1. The van der Waals surface area contributed by atoms with E-state index in [-0.39, 0.29) is 19.9 Å². The number of nitrogens with zero attached hydrogens (tertiary/aromatic N) is 2. The lowest BCUT2D eigenvalue weighted by Crippen LogP contribution is -2.55. The van der Waals surface area contributed by atoms with Crippen molar-refractivity contribution in [2.45, 2.75) is 20.0 Å². The lowest BCUT2D eigenvalue weighted by atomic mass is 10.3. The molecule has 0 radical (unpaired) electrons. The first-order valence-corrected chi connectivity index (χ1v) is 8.76. The fraction of sp³-hybridized carbons (Fsp3) is 0.400. The molecular weight excluding hydrogens is 334 g/mol. The van der Waals surface area contributed by atoms with Gasteiger partial charge in [-0.1, -0.05) is 18.2 Å². The minimum atomic E-state index is -3.88. The van der Waals surface area contributed by atoms with Crippen LogP contribution in [0.4, 0.5) is 5.69 Å². The molecular formula is C15H21N3O5S. The van der Waals surface area contributed by atoms with Crippen LogP contribution in [0.1, 0.15) is 13.8 Å². The molecule has 0 amide bonds. The molecule has 2 N–H and O–H groups in total. The second kappa shape index (κ2) is 7.65. The predicted octanol–water partition coefficient (Wildman–Crippen LogP) is 0.779. The van der Waals surface area contributed by atoms with E-state index in [1.807, 2.05) is 0 Å². The highest BCUT2D eigenvalue weighted by Gasteiger charge is 2.37. The molecule has 24 heavy (non-hydrogen) atoms. The summed E-state index contributed by atoms with van der Waals surface area (Å²) >= 11 is 0. The van der Waals surface area contributed by atoms with Crippen LogP contribution in [0.5, 0.6) is 0 Å². The summed E-state index contributed by atoms with van der Waals surface area (Å²) in [6.07, 6.45) is 0.846. The first kappa shape index (κ1) is 18.2. The first-order chi connectivity index (χ1) is 11.3. The molecule has 9 heteroatoms. The molecule has 0 fully saturated rings. The minimum absolute atomic E-state index is 0.0634. The lowest BCUT2D eigenvalue weighted by molar-refractivity contribution is -0.142. The first-order valence-electron chi connectivity index (χ1n) is 7.36. The Morgan fingerprint density at radius 2 is 1.92 bits per heavy atom. The Labute approximate surface area is 141 Å². The predicted molar refractivity (Wildman–Crippen MR) is 88.9 cm³/mol. The molecule has 0 saturated carbocycles. The Balaban J connectivity index is 2.13. The molecule has 0 saturated heterocycles. The van der Waals surface area contributed by atoms with Crippen molar-refractivity contribution in [3.63, 3.8) is 0 Å². The number of carbonyl (C=O) groups excluding carboxylic acids is 1. The molecule has 2 rings (SSSR count). The van der Waals surface area contributed by atoms with Gasteiger partial charge >= 0.3 is 16.2 Å². The number of carbonyl (C=O) groups is 1. The van der Waals surface area contributed by atoms with Gasteiger partial charge < -0.3 is 15.2 Å².